The Morgan fingerprint density at radius 2 is 1.59 bits per heavy atom. The van der Waals surface area contributed by atoms with Crippen LogP contribution in [0.2, 0.25) is 5.02 Å². The summed E-state index contributed by atoms with van der Waals surface area (Å²) in [6.07, 6.45) is 2.99. The van der Waals surface area contributed by atoms with Crippen molar-refractivity contribution in [2.75, 3.05) is 40.1 Å². The highest BCUT2D eigenvalue weighted by molar-refractivity contribution is 7.17. The van der Waals surface area contributed by atoms with E-state index in [1.807, 2.05) is 11.8 Å². The summed E-state index contributed by atoms with van der Waals surface area (Å²) in [4.78, 5) is 49.6. The molecule has 3 aliphatic rings. The second-order valence-corrected chi connectivity index (χ2v) is 16.1. The number of anilines is 4. The molecule has 2 N–H and O–H groups in total. The lowest BCUT2D eigenvalue weighted by Gasteiger charge is -2.52. The van der Waals surface area contributed by atoms with E-state index in [2.05, 4.69) is 15.6 Å². The highest BCUT2D eigenvalue weighted by Gasteiger charge is 2.56. The number of aromatic nitrogens is 1. The number of nitrogens with zero attached hydrogens (tertiary/aromatic N) is 3. The summed E-state index contributed by atoms with van der Waals surface area (Å²) in [7, 11) is 0. The first-order chi connectivity index (χ1) is 26.7. The molecule has 0 unspecified atom stereocenters. The van der Waals surface area contributed by atoms with Crippen molar-refractivity contribution in [2.45, 2.75) is 45.0 Å². The minimum absolute atomic E-state index is 0.0972. The predicted molar refractivity (Wildman–Crippen MR) is 206 cm³/mol. The van der Waals surface area contributed by atoms with E-state index in [0.29, 0.717) is 77.2 Å². The zero-order valence-corrected chi connectivity index (χ0v) is 31.4. The van der Waals surface area contributed by atoms with Crippen molar-refractivity contribution in [1.29, 1.82) is 0 Å². The molecule has 4 heterocycles. The van der Waals surface area contributed by atoms with Gasteiger partial charge in [0.15, 0.2) is 5.82 Å². The van der Waals surface area contributed by atoms with Crippen LogP contribution in [0.25, 0.3) is 10.4 Å². The minimum atomic E-state index is -2.60. The van der Waals surface area contributed by atoms with Crippen LogP contribution in [-0.2, 0) is 6.42 Å². The number of fused-ring (bicyclic) bond motifs is 3. The zero-order chi connectivity index (χ0) is 39.5. The Labute approximate surface area is 327 Å². The number of hydrogen-bond donors (Lipinski definition) is 2. The number of amides is 3. The van der Waals surface area contributed by atoms with Gasteiger partial charge in [-0.2, -0.15) is 0 Å². The Balaban J connectivity index is 0.979. The molecule has 8 nitrogen and oxygen atoms in total. The van der Waals surface area contributed by atoms with Gasteiger partial charge in [-0.3, -0.25) is 14.4 Å². The lowest BCUT2D eigenvalue weighted by Crippen LogP contribution is -2.52. The smallest absolute Gasteiger partial charge is 0.265 e. The Morgan fingerprint density at radius 3 is 2.29 bits per heavy atom. The third kappa shape index (κ3) is 7.23. The molecule has 0 atom stereocenters. The molecule has 56 heavy (non-hydrogen) atoms. The lowest BCUT2D eigenvalue weighted by atomic mass is 9.61. The number of thiophene rings is 1. The van der Waals surface area contributed by atoms with E-state index >= 15 is 0 Å². The van der Waals surface area contributed by atoms with Gasteiger partial charge in [0.1, 0.15) is 17.5 Å². The van der Waals surface area contributed by atoms with Gasteiger partial charge in [0, 0.05) is 66.4 Å². The van der Waals surface area contributed by atoms with Crippen LogP contribution in [0.1, 0.15) is 67.2 Å². The predicted octanol–water partition coefficient (Wildman–Crippen LogP) is 9.91. The first-order valence-electron chi connectivity index (χ1n) is 17.9. The van der Waals surface area contributed by atoms with Crippen molar-refractivity contribution in [3.05, 3.63) is 123 Å². The number of carbonyl (C=O) groups excluding carboxylic acids is 3. The fourth-order valence-electron chi connectivity index (χ4n) is 7.90. The van der Waals surface area contributed by atoms with Crippen molar-refractivity contribution < 1.29 is 36.3 Å². The van der Waals surface area contributed by atoms with Crippen LogP contribution < -0.4 is 20.4 Å². The van der Waals surface area contributed by atoms with Crippen molar-refractivity contribution in [3.8, 4) is 10.4 Å². The largest absolute Gasteiger partial charge is 0.356 e. The van der Waals surface area contributed by atoms with Crippen LogP contribution in [0.15, 0.2) is 72.9 Å². The highest BCUT2D eigenvalue weighted by atomic mass is 35.5. The van der Waals surface area contributed by atoms with Crippen LogP contribution in [-0.4, -0.2) is 48.3 Å². The summed E-state index contributed by atoms with van der Waals surface area (Å²) in [6, 6.07) is 15.2. The molecule has 0 bridgehead atoms. The van der Waals surface area contributed by atoms with Crippen molar-refractivity contribution in [3.63, 3.8) is 0 Å². The molecule has 2 aromatic heterocycles. The zero-order valence-electron chi connectivity index (χ0n) is 29.8. The third-order valence-corrected chi connectivity index (χ3v) is 12.2. The molecule has 5 aromatic rings. The number of nitrogens with one attached hydrogen (secondary N) is 2. The summed E-state index contributed by atoms with van der Waals surface area (Å²) >= 11 is 7.06. The third-order valence-electron chi connectivity index (χ3n) is 10.7. The SMILES string of the molecule is Cc1cnc(N2CCC3(CC2)CC(F)(F)C3)c(C(=O)Nc2ccc(C(=O)N3CCc4cc(C(=O)Nc5c(F)cc(F)cc5Cl)sc4-c4ccc(F)cc43)cc2)c1. The number of halogens is 6. The maximum atomic E-state index is 14.7. The number of piperidine rings is 1. The normalized spacial score (nSPS) is 16.7. The molecule has 3 aromatic carbocycles. The van der Waals surface area contributed by atoms with Gasteiger partial charge >= 0.3 is 0 Å². The molecule has 0 radical (unpaired) electrons. The summed E-state index contributed by atoms with van der Waals surface area (Å²) in [5.41, 5.74) is 2.64. The minimum Gasteiger partial charge on any atom is -0.356 e. The summed E-state index contributed by atoms with van der Waals surface area (Å²) in [6.45, 7) is 3.00. The molecule has 2 aliphatic heterocycles. The summed E-state index contributed by atoms with van der Waals surface area (Å²) < 4.78 is 70.0. The standard InChI is InChI=1S/C41H33ClF5N5O3S/c1-22-14-29(36(48-19-22)51-12-9-40(10-13-51)20-41(46,47)21-40)37(53)49-27-5-2-23(3-6-27)39(55)52-11-8-24-15-33(56-35(24)28-7-4-25(43)18-32(28)52)38(54)50-34-30(42)16-26(44)17-31(34)45/h2-7,14-19H,8-13,20-21H2,1H3,(H,49,53)(H,50,54). The Morgan fingerprint density at radius 1 is 0.857 bits per heavy atom. The fourth-order valence-corrected chi connectivity index (χ4v) is 9.28. The number of carbonyl (C=O) groups is 3. The molecule has 1 saturated heterocycles. The van der Waals surface area contributed by atoms with E-state index in [4.69, 9.17) is 11.6 Å². The van der Waals surface area contributed by atoms with Crippen LogP contribution >= 0.6 is 22.9 Å². The molecule has 1 spiro atoms. The molecule has 2 fully saturated rings. The Kier molecular flexibility index (Phi) is 9.60. The molecule has 15 heteroatoms. The lowest BCUT2D eigenvalue weighted by molar-refractivity contribution is -0.168. The van der Waals surface area contributed by atoms with Crippen LogP contribution in [0.5, 0.6) is 0 Å². The second-order valence-electron chi connectivity index (χ2n) is 14.6. The van der Waals surface area contributed by atoms with Gasteiger partial charge < -0.3 is 20.4 Å². The first-order valence-corrected chi connectivity index (χ1v) is 19.1. The number of pyridine rings is 1. The van der Waals surface area contributed by atoms with Gasteiger partial charge in [-0.05, 0) is 103 Å². The van der Waals surface area contributed by atoms with Gasteiger partial charge in [-0.25, -0.2) is 26.9 Å². The van der Waals surface area contributed by atoms with E-state index in [-0.39, 0.29) is 46.0 Å². The van der Waals surface area contributed by atoms with Crippen LogP contribution in [0.4, 0.5) is 44.8 Å². The summed E-state index contributed by atoms with van der Waals surface area (Å²) in [5, 5.41) is 4.99. The molecule has 8 rings (SSSR count). The van der Waals surface area contributed by atoms with Gasteiger partial charge in [0.25, 0.3) is 17.7 Å². The topological polar surface area (TPSA) is 94.6 Å². The van der Waals surface area contributed by atoms with E-state index in [1.54, 1.807) is 42.6 Å². The van der Waals surface area contributed by atoms with Gasteiger partial charge in [0.2, 0.25) is 5.92 Å². The van der Waals surface area contributed by atoms with Crippen LogP contribution in [0, 0.1) is 29.8 Å². The maximum Gasteiger partial charge on any atom is 0.265 e. The average Bonchev–Trinajstić information content (AvgIpc) is 3.51. The van der Waals surface area contributed by atoms with Crippen molar-refractivity contribution >= 4 is 63.5 Å². The quantitative estimate of drug-likeness (QED) is 0.167. The molecule has 3 amide bonds. The molecular weight excluding hydrogens is 773 g/mol. The number of benzene rings is 3. The Bertz CT molecular complexity index is 2380. The molecule has 1 aliphatic carbocycles. The molecular formula is C41H33ClF5N5O3S. The molecule has 1 saturated carbocycles. The fraction of sp³-hybridized carbons (Fsp3) is 0.268. The van der Waals surface area contributed by atoms with E-state index in [9.17, 15) is 36.3 Å². The van der Waals surface area contributed by atoms with E-state index in [0.717, 1.165) is 23.0 Å². The van der Waals surface area contributed by atoms with Crippen molar-refractivity contribution in [1.82, 2.24) is 4.98 Å². The van der Waals surface area contributed by atoms with Gasteiger partial charge in [-0.1, -0.05) is 11.6 Å². The van der Waals surface area contributed by atoms with Crippen molar-refractivity contribution in [2.24, 2.45) is 5.41 Å². The number of alkyl halides is 2. The van der Waals surface area contributed by atoms with E-state index < -0.39 is 41.1 Å². The van der Waals surface area contributed by atoms with Crippen LogP contribution in [0.3, 0.4) is 0 Å². The van der Waals surface area contributed by atoms with Gasteiger partial charge in [0.05, 0.1) is 26.8 Å². The second kappa shape index (κ2) is 14.3. The number of aryl methyl sites for hydroxylation is 1. The summed E-state index contributed by atoms with van der Waals surface area (Å²) in [5.74, 6) is -6.09. The Hall–Kier alpha value is -5.34. The van der Waals surface area contributed by atoms with Gasteiger partial charge in [-0.15, -0.1) is 11.3 Å². The monoisotopic (exact) mass is 805 g/mol. The van der Waals surface area contributed by atoms with E-state index in [1.165, 1.54) is 23.1 Å². The maximum absolute atomic E-state index is 14.7. The highest BCUT2D eigenvalue weighted by Crippen LogP contribution is 2.57. The average molecular weight is 806 g/mol. The number of hydrogen-bond acceptors (Lipinski definition) is 6. The molecule has 288 valence electrons. The number of rotatable bonds is 6. The first kappa shape index (κ1) is 37.6.